The molecule has 0 aliphatic carbocycles. The summed E-state index contributed by atoms with van der Waals surface area (Å²) in [4.78, 5) is 4.64. The maximum Gasteiger partial charge on any atom is 0.110 e. The van der Waals surface area contributed by atoms with Crippen LogP contribution in [0.5, 0.6) is 0 Å². The lowest BCUT2D eigenvalue weighted by Crippen LogP contribution is -2.14. The van der Waals surface area contributed by atoms with E-state index in [0.29, 0.717) is 6.04 Å². The van der Waals surface area contributed by atoms with Crippen molar-refractivity contribution in [2.75, 3.05) is 0 Å². The van der Waals surface area contributed by atoms with Gasteiger partial charge in [-0.2, -0.15) is 0 Å². The smallest absolute Gasteiger partial charge is 0.110 e. The van der Waals surface area contributed by atoms with Gasteiger partial charge in [-0.15, -0.1) is 0 Å². The van der Waals surface area contributed by atoms with Crippen LogP contribution in [0, 0.1) is 0 Å². The summed E-state index contributed by atoms with van der Waals surface area (Å²) in [7, 11) is 0. The lowest BCUT2D eigenvalue weighted by molar-refractivity contribution is 0.435. The lowest BCUT2D eigenvalue weighted by atomic mass is 10.1. The van der Waals surface area contributed by atoms with E-state index in [1.54, 1.807) is 0 Å². The fourth-order valence-corrected chi connectivity index (χ4v) is 2.64. The van der Waals surface area contributed by atoms with E-state index in [0.717, 1.165) is 17.0 Å². The minimum absolute atomic E-state index is 0.569. The molecule has 3 heteroatoms. The van der Waals surface area contributed by atoms with Crippen LogP contribution in [0.2, 0.25) is 5.02 Å². The predicted octanol–water partition coefficient (Wildman–Crippen LogP) is 3.59. The van der Waals surface area contributed by atoms with Crippen LogP contribution in [0.25, 0.3) is 11.0 Å². The topological polar surface area (TPSA) is 17.8 Å². The van der Waals surface area contributed by atoms with Crippen molar-refractivity contribution in [1.82, 2.24) is 9.55 Å². The molecule has 1 aliphatic rings. The van der Waals surface area contributed by atoms with E-state index in [9.17, 15) is 0 Å². The average Bonchev–Trinajstić information content (AvgIpc) is 2.56. The van der Waals surface area contributed by atoms with Crippen molar-refractivity contribution < 1.29 is 0 Å². The van der Waals surface area contributed by atoms with Gasteiger partial charge in [-0.05, 0) is 38.0 Å². The van der Waals surface area contributed by atoms with Gasteiger partial charge in [-0.25, -0.2) is 4.98 Å². The second-order valence-corrected chi connectivity index (χ2v) is 4.71. The normalized spacial score (nSPS) is 20.5. The maximum atomic E-state index is 5.97. The SMILES string of the molecule is C[C@H]1CCCc2nc3cc(Cl)ccc3n21. The van der Waals surface area contributed by atoms with Crippen molar-refractivity contribution in [3.05, 3.63) is 29.0 Å². The molecule has 0 saturated carbocycles. The number of nitrogens with zero attached hydrogens (tertiary/aromatic N) is 2. The third kappa shape index (κ3) is 1.36. The minimum atomic E-state index is 0.569. The molecule has 3 rings (SSSR count). The summed E-state index contributed by atoms with van der Waals surface area (Å²) >= 11 is 5.97. The van der Waals surface area contributed by atoms with Gasteiger partial charge in [0.2, 0.25) is 0 Å². The zero-order valence-electron chi connectivity index (χ0n) is 8.70. The summed E-state index contributed by atoms with van der Waals surface area (Å²) in [5.74, 6) is 1.21. The van der Waals surface area contributed by atoms with Crippen LogP contribution in [0.3, 0.4) is 0 Å². The van der Waals surface area contributed by atoms with Gasteiger partial charge in [-0.3, -0.25) is 0 Å². The van der Waals surface area contributed by atoms with Gasteiger partial charge in [0, 0.05) is 17.5 Å². The van der Waals surface area contributed by atoms with Crippen molar-refractivity contribution >= 4 is 22.6 Å². The van der Waals surface area contributed by atoms with Crippen molar-refractivity contribution in [3.63, 3.8) is 0 Å². The second-order valence-electron chi connectivity index (χ2n) is 4.27. The molecule has 1 aromatic heterocycles. The largest absolute Gasteiger partial charge is 0.325 e. The van der Waals surface area contributed by atoms with Crippen LogP contribution in [0.15, 0.2) is 18.2 Å². The quantitative estimate of drug-likeness (QED) is 0.664. The molecule has 1 atom stereocenters. The highest BCUT2D eigenvalue weighted by Gasteiger charge is 2.19. The average molecular weight is 221 g/mol. The predicted molar refractivity (Wildman–Crippen MR) is 62.4 cm³/mol. The zero-order chi connectivity index (χ0) is 10.4. The summed E-state index contributed by atoms with van der Waals surface area (Å²) in [6.45, 7) is 2.26. The Kier molecular flexibility index (Phi) is 1.99. The molecular formula is C12H13ClN2. The minimum Gasteiger partial charge on any atom is -0.325 e. The van der Waals surface area contributed by atoms with Crippen LogP contribution in [0.1, 0.15) is 31.6 Å². The number of rotatable bonds is 0. The number of aryl methyl sites for hydroxylation is 1. The lowest BCUT2D eigenvalue weighted by Gasteiger charge is -2.22. The van der Waals surface area contributed by atoms with Crippen molar-refractivity contribution in [3.8, 4) is 0 Å². The second kappa shape index (κ2) is 3.24. The number of halogens is 1. The highest BCUT2D eigenvalue weighted by Crippen LogP contribution is 2.30. The molecule has 0 fully saturated rings. The van der Waals surface area contributed by atoms with Crippen LogP contribution < -0.4 is 0 Å². The van der Waals surface area contributed by atoms with Gasteiger partial charge >= 0.3 is 0 Å². The third-order valence-electron chi connectivity index (χ3n) is 3.19. The first kappa shape index (κ1) is 9.22. The molecule has 0 saturated heterocycles. The summed E-state index contributed by atoms with van der Waals surface area (Å²) in [5, 5.41) is 0.769. The number of aromatic nitrogens is 2. The van der Waals surface area contributed by atoms with E-state index in [-0.39, 0.29) is 0 Å². The van der Waals surface area contributed by atoms with E-state index >= 15 is 0 Å². The van der Waals surface area contributed by atoms with E-state index in [4.69, 9.17) is 11.6 Å². The van der Waals surface area contributed by atoms with Gasteiger partial charge in [0.15, 0.2) is 0 Å². The van der Waals surface area contributed by atoms with Gasteiger partial charge < -0.3 is 4.57 Å². The molecule has 2 heterocycles. The van der Waals surface area contributed by atoms with E-state index < -0.39 is 0 Å². The summed E-state index contributed by atoms with van der Waals surface area (Å²) < 4.78 is 2.36. The Labute approximate surface area is 93.9 Å². The zero-order valence-corrected chi connectivity index (χ0v) is 9.46. The number of benzene rings is 1. The molecule has 78 valence electrons. The van der Waals surface area contributed by atoms with E-state index in [1.807, 2.05) is 12.1 Å². The van der Waals surface area contributed by atoms with Crippen LogP contribution in [-0.2, 0) is 6.42 Å². The van der Waals surface area contributed by atoms with Gasteiger partial charge in [-0.1, -0.05) is 11.6 Å². The monoisotopic (exact) mass is 220 g/mol. The molecule has 2 nitrogen and oxygen atoms in total. The Bertz CT molecular complexity index is 516. The molecular weight excluding hydrogens is 208 g/mol. The molecule has 1 aromatic carbocycles. The first-order chi connectivity index (χ1) is 7.25. The molecule has 15 heavy (non-hydrogen) atoms. The standard InChI is InChI=1S/C12H13ClN2/c1-8-3-2-4-12-14-10-7-9(13)5-6-11(10)15(8)12/h5-8H,2-4H2,1H3/t8-/m0/s1. The van der Waals surface area contributed by atoms with Gasteiger partial charge in [0.1, 0.15) is 5.82 Å². The summed E-state index contributed by atoms with van der Waals surface area (Å²) in [6, 6.07) is 6.55. The molecule has 0 unspecified atom stereocenters. The molecule has 1 aliphatic heterocycles. The fourth-order valence-electron chi connectivity index (χ4n) is 2.47. The number of hydrogen-bond donors (Lipinski definition) is 0. The molecule has 0 amide bonds. The maximum absolute atomic E-state index is 5.97. The van der Waals surface area contributed by atoms with Crippen LogP contribution in [0.4, 0.5) is 0 Å². The Morgan fingerprint density at radius 3 is 3.20 bits per heavy atom. The van der Waals surface area contributed by atoms with Crippen molar-refractivity contribution in [1.29, 1.82) is 0 Å². The first-order valence-corrected chi connectivity index (χ1v) is 5.80. The van der Waals surface area contributed by atoms with Gasteiger partial charge in [0.05, 0.1) is 11.0 Å². The van der Waals surface area contributed by atoms with Crippen molar-refractivity contribution in [2.24, 2.45) is 0 Å². The van der Waals surface area contributed by atoms with Crippen LogP contribution >= 0.6 is 11.6 Å². The Balaban J connectivity index is 2.32. The molecule has 0 spiro atoms. The Hall–Kier alpha value is -1.02. The molecule has 0 N–H and O–H groups in total. The number of imidazole rings is 1. The van der Waals surface area contributed by atoms with Gasteiger partial charge in [0.25, 0.3) is 0 Å². The highest BCUT2D eigenvalue weighted by molar-refractivity contribution is 6.31. The highest BCUT2D eigenvalue weighted by atomic mass is 35.5. The van der Waals surface area contributed by atoms with E-state index in [1.165, 1.54) is 24.2 Å². The number of hydrogen-bond acceptors (Lipinski definition) is 1. The molecule has 0 bridgehead atoms. The summed E-state index contributed by atoms with van der Waals surface area (Å²) in [5.41, 5.74) is 2.26. The molecule has 2 aromatic rings. The number of fused-ring (bicyclic) bond motifs is 3. The fraction of sp³-hybridized carbons (Fsp3) is 0.417. The van der Waals surface area contributed by atoms with Crippen molar-refractivity contribution in [2.45, 2.75) is 32.2 Å². The summed E-state index contributed by atoms with van der Waals surface area (Å²) in [6.07, 6.45) is 3.59. The van der Waals surface area contributed by atoms with E-state index in [2.05, 4.69) is 22.5 Å². The third-order valence-corrected chi connectivity index (χ3v) is 3.42. The first-order valence-electron chi connectivity index (χ1n) is 5.42. The molecule has 0 radical (unpaired) electrons. The Morgan fingerprint density at radius 1 is 1.47 bits per heavy atom. The van der Waals surface area contributed by atoms with Crippen LogP contribution in [-0.4, -0.2) is 9.55 Å². The Morgan fingerprint density at radius 2 is 2.33 bits per heavy atom.